The number of aromatic amines is 1. The molecule has 0 radical (unpaired) electrons. The van der Waals surface area contributed by atoms with Gasteiger partial charge in [-0.05, 0) is 41.6 Å². The molecule has 25 heavy (non-hydrogen) atoms. The molecule has 0 aliphatic heterocycles. The Bertz CT molecular complexity index is 1080. The molecular formula is C17H14N6OS. The molecule has 8 heteroatoms. The number of rotatable bonds is 4. The van der Waals surface area contributed by atoms with Crippen molar-refractivity contribution in [3.05, 3.63) is 70.8 Å². The van der Waals surface area contributed by atoms with Gasteiger partial charge in [0.1, 0.15) is 5.82 Å². The van der Waals surface area contributed by atoms with Gasteiger partial charge in [-0.3, -0.25) is 4.79 Å². The smallest absolute Gasteiger partial charge is 0.258 e. The Balaban J connectivity index is 1.67. The molecule has 1 N–H and O–H groups in total. The van der Waals surface area contributed by atoms with E-state index in [9.17, 15) is 4.79 Å². The van der Waals surface area contributed by atoms with Crippen LogP contribution in [0.25, 0.3) is 16.6 Å². The summed E-state index contributed by atoms with van der Waals surface area (Å²) in [5.41, 5.74) is 1.41. The van der Waals surface area contributed by atoms with E-state index in [1.165, 1.54) is 11.8 Å². The van der Waals surface area contributed by atoms with E-state index in [2.05, 4.69) is 25.5 Å². The van der Waals surface area contributed by atoms with E-state index in [0.717, 1.165) is 5.69 Å². The van der Waals surface area contributed by atoms with Gasteiger partial charge in [0.2, 0.25) is 5.16 Å². The molecule has 0 unspecified atom stereocenters. The number of nitrogens with one attached hydrogen (secondary N) is 1. The summed E-state index contributed by atoms with van der Waals surface area (Å²) in [6, 6.07) is 16.9. The minimum absolute atomic E-state index is 0.120. The predicted octanol–water partition coefficient (Wildman–Crippen LogP) is 2.75. The van der Waals surface area contributed by atoms with E-state index < -0.39 is 0 Å². The van der Waals surface area contributed by atoms with Crippen LogP contribution < -0.4 is 5.56 Å². The summed E-state index contributed by atoms with van der Waals surface area (Å²) < 4.78 is 1.67. The molecule has 4 rings (SSSR count). The van der Waals surface area contributed by atoms with Gasteiger partial charge in [-0.2, -0.15) is 4.68 Å². The zero-order valence-electron chi connectivity index (χ0n) is 13.3. The Morgan fingerprint density at radius 3 is 2.68 bits per heavy atom. The molecule has 2 aromatic carbocycles. The van der Waals surface area contributed by atoms with E-state index in [4.69, 9.17) is 0 Å². The molecule has 0 aliphatic rings. The fourth-order valence-electron chi connectivity index (χ4n) is 2.49. The first-order valence-electron chi connectivity index (χ1n) is 7.72. The second-order valence-electron chi connectivity index (χ2n) is 5.44. The summed E-state index contributed by atoms with van der Waals surface area (Å²) in [4.78, 5) is 19.7. The van der Waals surface area contributed by atoms with Gasteiger partial charge in [0.25, 0.3) is 5.56 Å². The summed E-state index contributed by atoms with van der Waals surface area (Å²) in [5.74, 6) is 0.594. The first-order chi connectivity index (χ1) is 12.2. The number of para-hydroxylation sites is 2. The number of hydrogen-bond acceptors (Lipinski definition) is 6. The number of tetrazole rings is 1. The van der Waals surface area contributed by atoms with E-state index in [-0.39, 0.29) is 10.8 Å². The molecule has 0 aliphatic carbocycles. The topological polar surface area (TPSA) is 89.3 Å². The molecule has 0 saturated heterocycles. The lowest BCUT2D eigenvalue weighted by Gasteiger charge is -2.11. The number of thioether (sulfide) groups is 1. The number of H-pyrrole nitrogens is 1. The zero-order valence-corrected chi connectivity index (χ0v) is 14.1. The van der Waals surface area contributed by atoms with Gasteiger partial charge in [0.05, 0.1) is 21.8 Å². The van der Waals surface area contributed by atoms with Crippen LogP contribution in [0, 0.1) is 0 Å². The molecule has 7 nitrogen and oxygen atoms in total. The number of benzene rings is 2. The lowest BCUT2D eigenvalue weighted by molar-refractivity contribution is 0.754. The Morgan fingerprint density at radius 2 is 1.84 bits per heavy atom. The number of aromatic nitrogens is 6. The van der Waals surface area contributed by atoms with Gasteiger partial charge in [0.15, 0.2) is 0 Å². The van der Waals surface area contributed by atoms with Crippen molar-refractivity contribution in [2.45, 2.75) is 17.3 Å². The largest absolute Gasteiger partial charge is 0.309 e. The first-order valence-corrected chi connectivity index (χ1v) is 8.60. The van der Waals surface area contributed by atoms with Crippen molar-refractivity contribution >= 4 is 22.7 Å². The highest BCUT2D eigenvalue weighted by Gasteiger charge is 2.17. The van der Waals surface area contributed by atoms with Crippen LogP contribution >= 0.6 is 11.8 Å². The molecule has 124 valence electrons. The Kier molecular flexibility index (Phi) is 4.02. The van der Waals surface area contributed by atoms with Gasteiger partial charge >= 0.3 is 0 Å². The summed E-state index contributed by atoms with van der Waals surface area (Å²) >= 11 is 1.44. The molecular weight excluding hydrogens is 336 g/mol. The van der Waals surface area contributed by atoms with Gasteiger partial charge in [-0.25, -0.2) is 4.98 Å². The average molecular weight is 350 g/mol. The Morgan fingerprint density at radius 1 is 1.08 bits per heavy atom. The van der Waals surface area contributed by atoms with Gasteiger partial charge in [-0.1, -0.05) is 42.1 Å². The van der Waals surface area contributed by atoms with E-state index in [1.54, 1.807) is 10.7 Å². The van der Waals surface area contributed by atoms with Crippen molar-refractivity contribution in [1.29, 1.82) is 0 Å². The van der Waals surface area contributed by atoms with E-state index in [1.807, 2.05) is 55.5 Å². The van der Waals surface area contributed by atoms with Crippen LogP contribution in [0.15, 0.2) is 64.5 Å². The maximum atomic E-state index is 12.2. The summed E-state index contributed by atoms with van der Waals surface area (Å²) in [6.07, 6.45) is 0. The third kappa shape index (κ3) is 3.03. The van der Waals surface area contributed by atoms with E-state index >= 15 is 0 Å². The summed E-state index contributed by atoms with van der Waals surface area (Å²) in [6.45, 7) is 1.96. The second-order valence-corrected chi connectivity index (χ2v) is 6.75. The van der Waals surface area contributed by atoms with Crippen molar-refractivity contribution in [2.24, 2.45) is 0 Å². The minimum atomic E-state index is -0.143. The van der Waals surface area contributed by atoms with Crippen LogP contribution in [0.4, 0.5) is 0 Å². The predicted molar refractivity (Wildman–Crippen MR) is 95.8 cm³/mol. The van der Waals surface area contributed by atoms with Crippen molar-refractivity contribution in [3.8, 4) is 5.69 Å². The Labute approximate surface area is 147 Å². The highest BCUT2D eigenvalue weighted by atomic mass is 32.2. The molecule has 0 fully saturated rings. The fraction of sp³-hybridized carbons (Fsp3) is 0.118. The second kappa shape index (κ2) is 6.48. The maximum absolute atomic E-state index is 12.2. The third-order valence-electron chi connectivity index (χ3n) is 3.74. The van der Waals surface area contributed by atoms with Gasteiger partial charge in [-0.15, -0.1) is 5.10 Å². The fourth-order valence-corrected chi connectivity index (χ4v) is 3.36. The lowest BCUT2D eigenvalue weighted by atomic mass is 10.2. The van der Waals surface area contributed by atoms with Crippen molar-refractivity contribution in [3.63, 3.8) is 0 Å². The molecule has 0 saturated carbocycles. The van der Waals surface area contributed by atoms with Crippen molar-refractivity contribution in [1.82, 2.24) is 30.2 Å². The summed E-state index contributed by atoms with van der Waals surface area (Å²) in [7, 11) is 0. The van der Waals surface area contributed by atoms with Crippen molar-refractivity contribution in [2.75, 3.05) is 0 Å². The zero-order chi connectivity index (χ0) is 17.2. The first kappa shape index (κ1) is 15.5. The maximum Gasteiger partial charge on any atom is 0.258 e. The molecule has 0 bridgehead atoms. The number of nitrogens with zero attached hydrogens (tertiary/aromatic N) is 5. The monoisotopic (exact) mass is 350 g/mol. The average Bonchev–Trinajstić information content (AvgIpc) is 3.10. The van der Waals surface area contributed by atoms with Crippen LogP contribution in [0.1, 0.15) is 18.0 Å². The minimum Gasteiger partial charge on any atom is -0.309 e. The highest BCUT2D eigenvalue weighted by molar-refractivity contribution is 7.99. The molecule has 4 aromatic rings. The normalized spacial score (nSPS) is 12.4. The van der Waals surface area contributed by atoms with Crippen molar-refractivity contribution < 1.29 is 0 Å². The van der Waals surface area contributed by atoms with Crippen LogP contribution in [0.3, 0.4) is 0 Å². The van der Waals surface area contributed by atoms with Crippen LogP contribution in [-0.4, -0.2) is 30.2 Å². The van der Waals surface area contributed by atoms with Crippen LogP contribution in [0.5, 0.6) is 0 Å². The van der Waals surface area contributed by atoms with E-state index in [0.29, 0.717) is 21.9 Å². The lowest BCUT2D eigenvalue weighted by Crippen LogP contribution is -2.13. The third-order valence-corrected chi connectivity index (χ3v) is 4.78. The molecule has 0 spiro atoms. The summed E-state index contributed by atoms with van der Waals surface area (Å²) in [5, 5.41) is 13.0. The standard InChI is InChI=1S/C17H14N6OS/c1-11(15-18-14-10-6-5-9-13(14)16(24)19-15)25-17-20-21-22-23(17)12-7-3-2-4-8-12/h2-11H,1H3,(H,18,19,24)/t11-/m1/s1. The quantitative estimate of drug-likeness (QED) is 0.569. The molecule has 2 aromatic heterocycles. The number of fused-ring (bicyclic) bond motifs is 1. The highest BCUT2D eigenvalue weighted by Crippen LogP contribution is 2.32. The van der Waals surface area contributed by atoms with Crippen LogP contribution in [0.2, 0.25) is 0 Å². The molecule has 2 heterocycles. The molecule has 1 atom stereocenters. The van der Waals surface area contributed by atoms with Crippen LogP contribution in [-0.2, 0) is 0 Å². The van der Waals surface area contributed by atoms with Gasteiger partial charge in [0, 0.05) is 0 Å². The number of hydrogen-bond donors (Lipinski definition) is 1. The molecule has 0 amide bonds. The Hall–Kier alpha value is -3.00. The SMILES string of the molecule is C[C@@H](Sc1nnnn1-c1ccccc1)c1nc2ccccc2c(=O)[nH]1. The van der Waals surface area contributed by atoms with Gasteiger partial charge < -0.3 is 4.98 Å².